The number of carbonyl (C=O) groups is 1. The zero-order valence-corrected chi connectivity index (χ0v) is 12.2. The van der Waals surface area contributed by atoms with Crippen molar-refractivity contribution in [3.8, 4) is 0 Å². The van der Waals surface area contributed by atoms with Crippen molar-refractivity contribution in [3.05, 3.63) is 0 Å². The van der Waals surface area contributed by atoms with Crippen molar-refractivity contribution in [2.24, 2.45) is 11.8 Å². The highest BCUT2D eigenvalue weighted by Crippen LogP contribution is 2.37. The maximum Gasteiger partial charge on any atom is 0.391 e. The van der Waals surface area contributed by atoms with Crippen LogP contribution >= 0.6 is 12.4 Å². The van der Waals surface area contributed by atoms with E-state index in [9.17, 15) is 18.0 Å². The van der Waals surface area contributed by atoms with Crippen LogP contribution in [-0.4, -0.2) is 31.2 Å². The normalized spacial score (nSPS) is 28.6. The van der Waals surface area contributed by atoms with Crippen LogP contribution in [0.25, 0.3) is 0 Å². The van der Waals surface area contributed by atoms with E-state index in [-0.39, 0.29) is 43.1 Å². The summed E-state index contributed by atoms with van der Waals surface area (Å²) < 4.78 is 38.1. The first-order chi connectivity index (χ1) is 8.97. The minimum atomic E-state index is -4.13. The molecule has 1 amide bonds. The van der Waals surface area contributed by atoms with Crippen LogP contribution in [0.1, 0.15) is 38.5 Å². The van der Waals surface area contributed by atoms with Crippen LogP contribution in [0.2, 0.25) is 0 Å². The Morgan fingerprint density at radius 1 is 1.10 bits per heavy atom. The van der Waals surface area contributed by atoms with E-state index in [2.05, 4.69) is 10.6 Å². The molecule has 2 rings (SSSR count). The molecule has 2 atom stereocenters. The third-order valence-corrected chi connectivity index (χ3v) is 4.19. The zero-order chi connectivity index (χ0) is 13.9. The fraction of sp³-hybridized carbons (Fsp3) is 0.923. The first-order valence-corrected chi connectivity index (χ1v) is 7.04. The monoisotopic (exact) mass is 314 g/mol. The maximum atomic E-state index is 12.7. The Morgan fingerprint density at radius 2 is 1.75 bits per heavy atom. The van der Waals surface area contributed by atoms with E-state index in [0.29, 0.717) is 12.8 Å². The molecule has 0 radical (unpaired) electrons. The first-order valence-electron chi connectivity index (χ1n) is 7.04. The van der Waals surface area contributed by atoms with Gasteiger partial charge >= 0.3 is 6.18 Å². The van der Waals surface area contributed by atoms with Gasteiger partial charge in [0.15, 0.2) is 0 Å². The van der Waals surface area contributed by atoms with Crippen LogP contribution in [0.15, 0.2) is 0 Å². The van der Waals surface area contributed by atoms with Gasteiger partial charge in [0, 0.05) is 12.0 Å². The highest BCUT2D eigenvalue weighted by Gasteiger charge is 2.42. The van der Waals surface area contributed by atoms with E-state index in [1.165, 1.54) is 0 Å². The second-order valence-electron chi connectivity index (χ2n) is 5.63. The molecule has 3 nitrogen and oxygen atoms in total. The largest absolute Gasteiger partial charge is 0.391 e. The van der Waals surface area contributed by atoms with Gasteiger partial charge in [-0.25, -0.2) is 0 Å². The lowest BCUT2D eigenvalue weighted by Gasteiger charge is -2.32. The summed E-state index contributed by atoms with van der Waals surface area (Å²) in [7, 11) is 0. The van der Waals surface area contributed by atoms with E-state index in [1.54, 1.807) is 0 Å². The van der Waals surface area contributed by atoms with Crippen LogP contribution in [0.4, 0.5) is 13.2 Å². The molecule has 2 fully saturated rings. The van der Waals surface area contributed by atoms with Gasteiger partial charge in [-0.05, 0) is 45.2 Å². The third-order valence-electron chi connectivity index (χ3n) is 4.19. The Hall–Kier alpha value is -0.490. The number of alkyl halides is 3. The molecule has 2 N–H and O–H groups in total. The van der Waals surface area contributed by atoms with Gasteiger partial charge in [0.2, 0.25) is 5.91 Å². The number of halogens is 4. The molecule has 7 heteroatoms. The van der Waals surface area contributed by atoms with Crippen LogP contribution in [0.3, 0.4) is 0 Å². The number of hydrogen-bond donors (Lipinski definition) is 2. The molecule has 1 saturated heterocycles. The van der Waals surface area contributed by atoms with E-state index < -0.39 is 12.1 Å². The summed E-state index contributed by atoms with van der Waals surface area (Å²) in [4.78, 5) is 12.0. The molecule has 20 heavy (non-hydrogen) atoms. The Labute approximate surface area is 123 Å². The smallest absolute Gasteiger partial charge is 0.353 e. The average molecular weight is 315 g/mol. The van der Waals surface area contributed by atoms with Crippen LogP contribution < -0.4 is 10.6 Å². The fourth-order valence-electron chi connectivity index (χ4n) is 3.02. The summed E-state index contributed by atoms with van der Waals surface area (Å²) >= 11 is 0. The quantitative estimate of drug-likeness (QED) is 0.822. The number of piperidine rings is 1. The highest BCUT2D eigenvalue weighted by atomic mass is 35.5. The molecule has 1 heterocycles. The van der Waals surface area contributed by atoms with Crippen LogP contribution in [0.5, 0.6) is 0 Å². The molecule has 0 bridgehead atoms. The predicted octanol–water partition coefficient (Wildman–Crippen LogP) is 2.65. The Bertz CT molecular complexity index is 319. The lowest BCUT2D eigenvalue weighted by atomic mass is 9.84. The average Bonchev–Trinajstić information content (AvgIpc) is 2.39. The third kappa shape index (κ3) is 4.81. The Kier molecular flexibility index (Phi) is 6.58. The maximum absolute atomic E-state index is 12.7. The van der Waals surface area contributed by atoms with Crippen LogP contribution in [-0.2, 0) is 4.79 Å². The number of rotatable bonds is 2. The molecular weight excluding hydrogens is 293 g/mol. The van der Waals surface area contributed by atoms with Gasteiger partial charge < -0.3 is 10.6 Å². The molecule has 0 aromatic heterocycles. The first kappa shape index (κ1) is 17.6. The van der Waals surface area contributed by atoms with E-state index in [1.807, 2.05) is 0 Å². The van der Waals surface area contributed by atoms with Gasteiger partial charge in [-0.3, -0.25) is 4.79 Å². The summed E-state index contributed by atoms with van der Waals surface area (Å²) in [6.45, 7) is 1.63. The van der Waals surface area contributed by atoms with Crippen LogP contribution in [0, 0.1) is 11.8 Å². The number of nitrogens with one attached hydrogen (secondary N) is 2. The van der Waals surface area contributed by atoms with Gasteiger partial charge in [0.1, 0.15) is 0 Å². The summed E-state index contributed by atoms with van der Waals surface area (Å²) in [6.07, 6.45) is -1.12. The molecule has 1 aliphatic carbocycles. The van der Waals surface area contributed by atoms with Crippen molar-refractivity contribution in [2.45, 2.75) is 50.7 Å². The molecule has 0 aromatic carbocycles. The van der Waals surface area contributed by atoms with Gasteiger partial charge in [0.05, 0.1) is 5.92 Å². The van der Waals surface area contributed by atoms with Crippen molar-refractivity contribution in [3.63, 3.8) is 0 Å². The minimum Gasteiger partial charge on any atom is -0.353 e. The second-order valence-corrected chi connectivity index (χ2v) is 5.63. The lowest BCUT2D eigenvalue weighted by molar-refractivity contribution is -0.184. The van der Waals surface area contributed by atoms with Crippen molar-refractivity contribution in [1.82, 2.24) is 10.6 Å². The van der Waals surface area contributed by atoms with E-state index in [0.717, 1.165) is 25.9 Å². The van der Waals surface area contributed by atoms with Crippen molar-refractivity contribution in [2.75, 3.05) is 13.1 Å². The van der Waals surface area contributed by atoms with Crippen molar-refractivity contribution >= 4 is 18.3 Å². The zero-order valence-electron chi connectivity index (χ0n) is 11.3. The molecule has 1 saturated carbocycles. The Morgan fingerprint density at radius 3 is 2.35 bits per heavy atom. The van der Waals surface area contributed by atoms with Crippen molar-refractivity contribution in [1.29, 1.82) is 0 Å². The topological polar surface area (TPSA) is 41.1 Å². The number of amides is 1. The number of hydrogen-bond acceptors (Lipinski definition) is 2. The minimum absolute atomic E-state index is 0. The summed E-state index contributed by atoms with van der Waals surface area (Å²) in [5, 5.41) is 6.00. The van der Waals surface area contributed by atoms with E-state index in [4.69, 9.17) is 0 Å². The summed E-state index contributed by atoms with van der Waals surface area (Å²) in [5.41, 5.74) is 0. The van der Waals surface area contributed by atoms with Gasteiger partial charge in [0.25, 0.3) is 0 Å². The molecule has 118 valence electrons. The number of carbonyl (C=O) groups excluding carboxylic acids is 1. The highest BCUT2D eigenvalue weighted by molar-refractivity contribution is 5.85. The van der Waals surface area contributed by atoms with E-state index >= 15 is 0 Å². The fourth-order valence-corrected chi connectivity index (χ4v) is 3.02. The summed E-state index contributed by atoms with van der Waals surface area (Å²) in [5.74, 6) is -1.35. The second kappa shape index (κ2) is 7.50. The molecule has 0 aromatic rings. The molecule has 1 aliphatic heterocycles. The summed E-state index contributed by atoms with van der Waals surface area (Å²) in [6, 6.07) is -0.303. The molecule has 2 unspecified atom stereocenters. The van der Waals surface area contributed by atoms with Crippen molar-refractivity contribution < 1.29 is 18.0 Å². The Balaban J connectivity index is 0.00000200. The van der Waals surface area contributed by atoms with Gasteiger partial charge in [-0.15, -0.1) is 12.4 Å². The van der Waals surface area contributed by atoms with Gasteiger partial charge in [-0.2, -0.15) is 13.2 Å². The molecule has 0 spiro atoms. The van der Waals surface area contributed by atoms with Gasteiger partial charge in [-0.1, -0.05) is 6.42 Å². The predicted molar refractivity (Wildman–Crippen MR) is 72.8 cm³/mol. The molecule has 2 aliphatic rings. The lowest BCUT2D eigenvalue weighted by Crippen LogP contribution is -2.45. The molecular formula is C13H22ClF3N2O. The standard InChI is InChI=1S/C13H21F3N2O.ClH/c14-13(15,16)10-2-1-3-11(8-10)18-12(19)9-4-6-17-7-5-9;/h9-11,17H,1-8H2,(H,18,19);1H. The SMILES string of the molecule is Cl.O=C(NC1CCCC(C(F)(F)F)C1)C1CCNCC1.